The van der Waals surface area contributed by atoms with E-state index in [9.17, 15) is 0 Å². The minimum atomic E-state index is -0.494. The van der Waals surface area contributed by atoms with Crippen LogP contribution < -0.4 is 0 Å². The van der Waals surface area contributed by atoms with Crippen LogP contribution in [0.25, 0.3) is 0 Å². The van der Waals surface area contributed by atoms with Crippen molar-refractivity contribution in [3.63, 3.8) is 0 Å². The van der Waals surface area contributed by atoms with Crippen molar-refractivity contribution in [2.24, 2.45) is 0 Å². The predicted octanol–water partition coefficient (Wildman–Crippen LogP) is 14.4. The lowest BCUT2D eigenvalue weighted by Crippen LogP contribution is -2.12. The van der Waals surface area contributed by atoms with Gasteiger partial charge >= 0.3 is 0 Å². The van der Waals surface area contributed by atoms with E-state index in [1.807, 2.05) is 0 Å². The summed E-state index contributed by atoms with van der Waals surface area (Å²) in [5, 5.41) is 0. The maximum atomic E-state index is 2.32. The second-order valence-electron chi connectivity index (χ2n) is 13.7. The van der Waals surface area contributed by atoms with E-state index in [0.29, 0.717) is 0 Å². The van der Waals surface area contributed by atoms with Crippen LogP contribution in [0.4, 0.5) is 0 Å². The van der Waals surface area contributed by atoms with Gasteiger partial charge in [-0.1, -0.05) is 236 Å². The molecule has 0 radical (unpaired) electrons. The van der Waals surface area contributed by atoms with Gasteiger partial charge in [0.1, 0.15) is 0 Å². The monoisotopic (exact) mass is 585 g/mol. The lowest BCUT2D eigenvalue weighted by atomic mass is 10.0. The molecule has 0 unspecified atom stereocenters. The van der Waals surface area contributed by atoms with Crippen LogP contribution in [0.2, 0.25) is 18.1 Å². The lowest BCUT2D eigenvalue weighted by molar-refractivity contribution is 0.558. The van der Waals surface area contributed by atoms with Crippen LogP contribution in [0.3, 0.4) is 0 Å². The normalized spacial score (nSPS) is 11.6. The summed E-state index contributed by atoms with van der Waals surface area (Å²) < 4.78 is 0. The Balaban J connectivity index is 2.08. The van der Waals surface area contributed by atoms with E-state index < -0.39 is 8.80 Å². The Hall–Kier alpha value is -0.563. The Labute approximate surface area is 262 Å². The highest BCUT2D eigenvalue weighted by Crippen LogP contribution is 2.21. The smallest absolute Gasteiger partial charge is 0.0367 e. The van der Waals surface area contributed by atoms with Gasteiger partial charge < -0.3 is 0 Å². The first-order valence-electron chi connectivity index (χ1n) is 19.4. The van der Waals surface area contributed by atoms with E-state index in [0.717, 1.165) is 0 Å². The molecule has 0 saturated carbocycles. The van der Waals surface area contributed by atoms with Gasteiger partial charge in [-0.3, -0.25) is 0 Å². The lowest BCUT2D eigenvalue weighted by Gasteiger charge is -2.15. The van der Waals surface area contributed by atoms with Gasteiger partial charge in [0.05, 0.1) is 0 Å². The molecule has 0 aliphatic rings. The molecule has 240 valence electrons. The van der Waals surface area contributed by atoms with E-state index in [-0.39, 0.29) is 0 Å². The third-order valence-corrected chi connectivity index (χ3v) is 13.3. The molecule has 0 N–H and O–H groups in total. The second-order valence-corrected chi connectivity index (χ2v) is 17.1. The standard InChI is InChI=1S/C40H76Si/c1-3-5-7-9-11-13-16-20-24-31-37-41(38-32-25-21-17-14-12-10-8-6-4-2)39-33-26-22-18-15-19-23-28-34-40-35-29-27-30-36-40/h27,29-30,35-36,41H,3-26,28,31-34,37-39H2,1-2H3. The van der Waals surface area contributed by atoms with Crippen molar-refractivity contribution in [2.45, 2.75) is 218 Å². The van der Waals surface area contributed by atoms with E-state index in [2.05, 4.69) is 44.2 Å². The Bertz CT molecular complexity index is 572. The first-order valence-corrected chi connectivity index (χ1v) is 21.9. The van der Waals surface area contributed by atoms with Gasteiger partial charge in [0.25, 0.3) is 0 Å². The molecule has 1 rings (SSSR count). The number of hydrogen-bond acceptors (Lipinski definition) is 0. The molecular formula is C40H76Si. The molecule has 1 aromatic carbocycles. The molecule has 0 saturated heterocycles. The quantitative estimate of drug-likeness (QED) is 0.0569. The van der Waals surface area contributed by atoms with Crippen LogP contribution in [-0.2, 0) is 6.42 Å². The van der Waals surface area contributed by atoms with Crippen molar-refractivity contribution in [1.82, 2.24) is 0 Å². The first-order chi connectivity index (χ1) is 20.4. The molecule has 1 aromatic rings. The van der Waals surface area contributed by atoms with Gasteiger partial charge in [-0.2, -0.15) is 0 Å². The molecule has 0 aromatic heterocycles. The highest BCUT2D eigenvalue weighted by Gasteiger charge is 2.10. The fraction of sp³-hybridized carbons (Fsp3) is 0.850. The van der Waals surface area contributed by atoms with Gasteiger partial charge in [0.2, 0.25) is 0 Å². The summed E-state index contributed by atoms with van der Waals surface area (Å²) in [5.41, 5.74) is 1.52. The first kappa shape index (κ1) is 38.5. The molecule has 0 heterocycles. The molecule has 0 atom stereocenters. The topological polar surface area (TPSA) is 0 Å². The molecule has 0 amide bonds. The van der Waals surface area contributed by atoms with Crippen molar-refractivity contribution in [3.8, 4) is 0 Å². The van der Waals surface area contributed by atoms with Gasteiger partial charge in [0.15, 0.2) is 0 Å². The Morgan fingerprint density at radius 2 is 0.634 bits per heavy atom. The predicted molar refractivity (Wildman–Crippen MR) is 192 cm³/mol. The second kappa shape index (κ2) is 32.4. The maximum Gasteiger partial charge on any atom is 0.0367 e. The average Bonchev–Trinajstić information content (AvgIpc) is 3.00. The molecule has 0 nitrogen and oxygen atoms in total. The Morgan fingerprint density at radius 1 is 0.341 bits per heavy atom. The third kappa shape index (κ3) is 28.0. The van der Waals surface area contributed by atoms with Crippen molar-refractivity contribution >= 4 is 8.80 Å². The van der Waals surface area contributed by atoms with Crippen molar-refractivity contribution < 1.29 is 0 Å². The Morgan fingerprint density at radius 3 is 0.976 bits per heavy atom. The van der Waals surface area contributed by atoms with Gasteiger partial charge in [-0.05, 0) is 18.4 Å². The minimum absolute atomic E-state index is 0.494. The molecule has 0 bridgehead atoms. The Kier molecular flexibility index (Phi) is 30.3. The number of rotatable bonds is 33. The highest BCUT2D eigenvalue weighted by atomic mass is 28.3. The van der Waals surface area contributed by atoms with Crippen LogP contribution in [-0.4, -0.2) is 8.80 Å². The van der Waals surface area contributed by atoms with Gasteiger partial charge in [-0.25, -0.2) is 0 Å². The van der Waals surface area contributed by atoms with E-state index in [1.165, 1.54) is 173 Å². The zero-order valence-electron chi connectivity index (χ0n) is 28.6. The number of benzene rings is 1. The fourth-order valence-corrected chi connectivity index (χ4v) is 10.2. The van der Waals surface area contributed by atoms with E-state index in [1.54, 1.807) is 37.4 Å². The van der Waals surface area contributed by atoms with Gasteiger partial charge in [0, 0.05) is 8.80 Å². The fourth-order valence-electron chi connectivity index (χ4n) is 6.74. The number of aryl methyl sites for hydroxylation is 1. The van der Waals surface area contributed by atoms with Crippen LogP contribution in [0.1, 0.15) is 199 Å². The third-order valence-electron chi connectivity index (χ3n) is 9.60. The molecule has 41 heavy (non-hydrogen) atoms. The molecule has 0 spiro atoms. The van der Waals surface area contributed by atoms with Crippen molar-refractivity contribution in [1.29, 1.82) is 0 Å². The molecular weight excluding hydrogens is 509 g/mol. The summed E-state index contributed by atoms with van der Waals surface area (Å²) in [6.07, 6.45) is 42.7. The summed E-state index contributed by atoms with van der Waals surface area (Å²) >= 11 is 0. The maximum absolute atomic E-state index is 2.32. The van der Waals surface area contributed by atoms with E-state index in [4.69, 9.17) is 0 Å². The van der Waals surface area contributed by atoms with Crippen LogP contribution in [0.15, 0.2) is 30.3 Å². The summed E-state index contributed by atoms with van der Waals surface area (Å²) in [4.78, 5) is 0. The van der Waals surface area contributed by atoms with Crippen LogP contribution >= 0.6 is 0 Å². The minimum Gasteiger partial charge on any atom is -0.0654 e. The van der Waals surface area contributed by atoms with Gasteiger partial charge in [-0.15, -0.1) is 0 Å². The largest absolute Gasteiger partial charge is 0.0654 e. The summed E-state index contributed by atoms with van der Waals surface area (Å²) in [6, 6.07) is 16.0. The summed E-state index contributed by atoms with van der Waals surface area (Å²) in [7, 11) is -0.494. The average molecular weight is 585 g/mol. The number of unbranched alkanes of at least 4 members (excludes halogenated alkanes) is 25. The summed E-state index contributed by atoms with van der Waals surface area (Å²) in [6.45, 7) is 4.65. The van der Waals surface area contributed by atoms with Crippen LogP contribution in [0.5, 0.6) is 0 Å². The summed E-state index contributed by atoms with van der Waals surface area (Å²) in [5.74, 6) is 0. The van der Waals surface area contributed by atoms with Crippen molar-refractivity contribution in [3.05, 3.63) is 35.9 Å². The zero-order valence-corrected chi connectivity index (χ0v) is 29.7. The molecule has 0 aliphatic carbocycles. The zero-order chi connectivity index (χ0) is 29.3. The molecule has 0 aliphatic heterocycles. The molecule has 1 heteroatoms. The van der Waals surface area contributed by atoms with E-state index >= 15 is 0 Å². The highest BCUT2D eigenvalue weighted by molar-refractivity contribution is 6.58. The molecule has 0 fully saturated rings. The van der Waals surface area contributed by atoms with Crippen molar-refractivity contribution in [2.75, 3.05) is 0 Å². The number of hydrogen-bond donors (Lipinski definition) is 0. The SMILES string of the molecule is CCCCCCCCCCCC[SiH](CCCCCCCCCCCC)CCCCCCCCCCc1ccccc1. The van der Waals surface area contributed by atoms with Crippen LogP contribution in [0, 0.1) is 0 Å².